The first-order chi connectivity index (χ1) is 13.1. The number of rotatable bonds is 7. The smallest absolute Gasteiger partial charge is 0.408 e. The molecule has 0 fully saturated rings. The van der Waals surface area contributed by atoms with Gasteiger partial charge in [-0.3, -0.25) is 9.59 Å². The molecule has 0 saturated carbocycles. The molecule has 0 aliphatic carbocycles. The number of amides is 2. The second-order valence-corrected chi connectivity index (χ2v) is 7.14. The van der Waals surface area contributed by atoms with Crippen molar-refractivity contribution in [2.24, 2.45) is 0 Å². The molecule has 1 rings (SSSR count). The van der Waals surface area contributed by atoms with Gasteiger partial charge in [-0.2, -0.15) is 0 Å². The zero-order valence-electron chi connectivity index (χ0n) is 17.8. The quantitative estimate of drug-likeness (QED) is 0.690. The van der Waals surface area contributed by atoms with Crippen LogP contribution in [0.25, 0.3) is 0 Å². The van der Waals surface area contributed by atoms with Gasteiger partial charge in [-0.1, -0.05) is 44.2 Å². The maximum atomic E-state index is 12.1. The minimum Gasteiger partial charge on any atom is -0.469 e. The highest BCUT2D eigenvalue weighted by molar-refractivity contribution is 5.85. The third-order valence-corrected chi connectivity index (χ3v) is 3.41. The second-order valence-electron chi connectivity index (χ2n) is 7.14. The number of methoxy groups -OCH3 is 1. The highest BCUT2D eigenvalue weighted by Gasteiger charge is 2.22. The molecule has 0 radical (unpaired) electrons. The van der Waals surface area contributed by atoms with E-state index in [0.717, 1.165) is 12.0 Å². The number of alkyl carbamates (subject to hydrolysis) is 1. The molecule has 7 heteroatoms. The monoisotopic (exact) mass is 394 g/mol. The maximum Gasteiger partial charge on any atom is 0.408 e. The highest BCUT2D eigenvalue weighted by Crippen LogP contribution is 2.07. The Bertz CT molecular complexity index is 597. The fourth-order valence-electron chi connectivity index (χ4n) is 2.02. The van der Waals surface area contributed by atoms with Crippen LogP contribution in [0.15, 0.2) is 30.3 Å². The first-order valence-corrected chi connectivity index (χ1v) is 9.50. The second kappa shape index (κ2) is 13.6. The predicted octanol–water partition coefficient (Wildman–Crippen LogP) is 3.57. The summed E-state index contributed by atoms with van der Waals surface area (Å²) in [5, 5.41) is 5.40. The Kier molecular flexibility index (Phi) is 12.3. The van der Waals surface area contributed by atoms with Crippen LogP contribution in [0.4, 0.5) is 4.79 Å². The van der Waals surface area contributed by atoms with Gasteiger partial charge < -0.3 is 20.1 Å². The lowest BCUT2D eigenvalue weighted by atomic mass is 10.2. The molecule has 0 unspecified atom stereocenters. The number of esters is 1. The molecule has 0 aromatic heterocycles. The normalized spacial score (nSPS) is 11.4. The van der Waals surface area contributed by atoms with Gasteiger partial charge in [0.25, 0.3) is 0 Å². The van der Waals surface area contributed by atoms with Crippen LogP contribution in [-0.2, 0) is 25.6 Å². The van der Waals surface area contributed by atoms with Crippen molar-refractivity contribution in [1.29, 1.82) is 0 Å². The van der Waals surface area contributed by atoms with Crippen molar-refractivity contribution in [3.05, 3.63) is 35.9 Å². The van der Waals surface area contributed by atoms with Gasteiger partial charge in [0.15, 0.2) is 0 Å². The van der Waals surface area contributed by atoms with E-state index in [2.05, 4.69) is 15.4 Å². The number of hydrogen-bond donors (Lipinski definition) is 2. The summed E-state index contributed by atoms with van der Waals surface area (Å²) in [6.45, 7) is 9.56. The molecule has 0 saturated heterocycles. The Morgan fingerprint density at radius 3 is 2.11 bits per heavy atom. The molecule has 1 atom stereocenters. The zero-order chi connectivity index (χ0) is 21.6. The number of carbonyl (C=O) groups excluding carboxylic acids is 3. The largest absolute Gasteiger partial charge is 0.469 e. The topological polar surface area (TPSA) is 93.7 Å². The Hall–Kier alpha value is -2.57. The SMILES string of the molecule is CCCC(=O)OC.CC[C@@H](NC(=O)OC(C)(C)C)C(=O)NCc1ccccc1. The molecule has 0 bridgehead atoms. The Morgan fingerprint density at radius 2 is 1.68 bits per heavy atom. The Morgan fingerprint density at radius 1 is 1.07 bits per heavy atom. The van der Waals surface area contributed by atoms with E-state index in [0.29, 0.717) is 19.4 Å². The first kappa shape index (κ1) is 25.4. The molecule has 0 heterocycles. The van der Waals surface area contributed by atoms with Crippen molar-refractivity contribution in [1.82, 2.24) is 10.6 Å². The first-order valence-electron chi connectivity index (χ1n) is 9.50. The van der Waals surface area contributed by atoms with Gasteiger partial charge in [0, 0.05) is 13.0 Å². The summed E-state index contributed by atoms with van der Waals surface area (Å²) in [5.41, 5.74) is 0.432. The minimum absolute atomic E-state index is 0.123. The van der Waals surface area contributed by atoms with Crippen molar-refractivity contribution in [2.45, 2.75) is 72.1 Å². The Balaban J connectivity index is 0.000000887. The average Bonchev–Trinajstić information content (AvgIpc) is 2.64. The lowest BCUT2D eigenvalue weighted by Gasteiger charge is -2.22. The minimum atomic E-state index is -0.594. The van der Waals surface area contributed by atoms with Gasteiger partial charge in [-0.05, 0) is 39.2 Å². The van der Waals surface area contributed by atoms with Gasteiger partial charge >= 0.3 is 12.1 Å². The van der Waals surface area contributed by atoms with Gasteiger partial charge in [-0.25, -0.2) is 4.79 Å². The molecule has 2 N–H and O–H groups in total. The van der Waals surface area contributed by atoms with E-state index < -0.39 is 17.7 Å². The van der Waals surface area contributed by atoms with Crippen LogP contribution in [0.2, 0.25) is 0 Å². The number of hydrogen-bond acceptors (Lipinski definition) is 5. The fraction of sp³-hybridized carbons (Fsp3) is 0.571. The summed E-state index contributed by atoms with van der Waals surface area (Å²) in [4.78, 5) is 34.0. The van der Waals surface area contributed by atoms with Gasteiger partial charge in [-0.15, -0.1) is 0 Å². The molecule has 158 valence electrons. The molecule has 0 aliphatic rings. The van der Waals surface area contributed by atoms with Crippen LogP contribution < -0.4 is 10.6 Å². The van der Waals surface area contributed by atoms with E-state index in [1.54, 1.807) is 20.8 Å². The molecule has 28 heavy (non-hydrogen) atoms. The van der Waals surface area contributed by atoms with E-state index in [1.807, 2.05) is 44.2 Å². The zero-order valence-corrected chi connectivity index (χ0v) is 17.8. The van der Waals surface area contributed by atoms with Gasteiger partial charge in [0.1, 0.15) is 11.6 Å². The summed E-state index contributed by atoms with van der Waals surface area (Å²) < 4.78 is 9.50. The summed E-state index contributed by atoms with van der Waals surface area (Å²) in [5.74, 6) is -0.338. The van der Waals surface area contributed by atoms with Crippen molar-refractivity contribution in [3.63, 3.8) is 0 Å². The summed E-state index contributed by atoms with van der Waals surface area (Å²) in [6.07, 6.45) is 1.33. The third kappa shape index (κ3) is 12.7. The molecule has 0 spiro atoms. The molecule has 7 nitrogen and oxygen atoms in total. The molecule has 1 aromatic carbocycles. The molecule has 1 aromatic rings. The Labute approximate surface area is 168 Å². The molecule has 2 amide bonds. The summed E-state index contributed by atoms with van der Waals surface area (Å²) in [7, 11) is 1.40. The number of carbonyl (C=O) groups is 3. The van der Waals surface area contributed by atoms with Gasteiger partial charge in [0.05, 0.1) is 7.11 Å². The lowest BCUT2D eigenvalue weighted by Crippen LogP contribution is -2.47. The van der Waals surface area contributed by atoms with Crippen LogP contribution in [0, 0.1) is 0 Å². The summed E-state index contributed by atoms with van der Waals surface area (Å²) in [6, 6.07) is 9.02. The van der Waals surface area contributed by atoms with E-state index in [1.165, 1.54) is 7.11 Å². The molecular formula is C21H34N2O5. The third-order valence-electron chi connectivity index (χ3n) is 3.41. The predicted molar refractivity (Wildman–Crippen MR) is 109 cm³/mol. The van der Waals surface area contributed by atoms with E-state index >= 15 is 0 Å². The fourth-order valence-corrected chi connectivity index (χ4v) is 2.02. The van der Waals surface area contributed by atoms with E-state index in [9.17, 15) is 14.4 Å². The summed E-state index contributed by atoms with van der Waals surface area (Å²) >= 11 is 0. The number of benzene rings is 1. The molecule has 0 aliphatic heterocycles. The van der Waals surface area contributed by atoms with Crippen LogP contribution in [0.1, 0.15) is 59.4 Å². The van der Waals surface area contributed by atoms with E-state index in [4.69, 9.17) is 4.74 Å². The number of nitrogens with one attached hydrogen (secondary N) is 2. The van der Waals surface area contributed by atoms with Crippen molar-refractivity contribution >= 4 is 18.0 Å². The molecular weight excluding hydrogens is 360 g/mol. The van der Waals surface area contributed by atoms with Crippen molar-refractivity contribution in [3.8, 4) is 0 Å². The van der Waals surface area contributed by atoms with Crippen LogP contribution in [0.3, 0.4) is 0 Å². The van der Waals surface area contributed by atoms with Crippen LogP contribution >= 0.6 is 0 Å². The van der Waals surface area contributed by atoms with Crippen LogP contribution in [-0.4, -0.2) is 36.7 Å². The lowest BCUT2D eigenvalue weighted by molar-refractivity contribution is -0.140. The highest BCUT2D eigenvalue weighted by atomic mass is 16.6. The van der Waals surface area contributed by atoms with Crippen LogP contribution in [0.5, 0.6) is 0 Å². The van der Waals surface area contributed by atoms with E-state index in [-0.39, 0.29) is 11.9 Å². The van der Waals surface area contributed by atoms with Crippen molar-refractivity contribution < 1.29 is 23.9 Å². The van der Waals surface area contributed by atoms with Crippen molar-refractivity contribution in [2.75, 3.05) is 7.11 Å². The number of ether oxygens (including phenoxy) is 2. The standard InChI is InChI=1S/C16H24N2O3.C5H10O2/c1-5-13(18-15(20)21-16(2,3)4)14(19)17-11-12-9-7-6-8-10-12;1-3-4-5(6)7-2/h6-10,13H,5,11H2,1-4H3,(H,17,19)(H,18,20);3-4H2,1-2H3/t13-;/m1./s1. The maximum absolute atomic E-state index is 12.1. The average molecular weight is 395 g/mol. The van der Waals surface area contributed by atoms with Gasteiger partial charge in [0.2, 0.25) is 5.91 Å².